The Morgan fingerprint density at radius 3 is 2.48 bits per heavy atom. The highest BCUT2D eigenvalue weighted by Gasteiger charge is 2.41. The second-order valence-electron chi connectivity index (χ2n) is 8.82. The molecule has 134 valence electrons. The van der Waals surface area contributed by atoms with Crippen molar-refractivity contribution in [2.24, 2.45) is 10.8 Å². The summed E-state index contributed by atoms with van der Waals surface area (Å²) in [6.07, 6.45) is 5.51. The average molecular weight is 339 g/mol. The highest BCUT2D eigenvalue weighted by atomic mass is 16.3. The fourth-order valence-electron chi connectivity index (χ4n) is 3.90. The Labute approximate surface area is 151 Å². The second-order valence-corrected chi connectivity index (χ2v) is 8.82. The van der Waals surface area contributed by atoms with Crippen LogP contribution in [0.1, 0.15) is 58.9 Å². The number of nitriles is 1. The lowest BCUT2D eigenvalue weighted by molar-refractivity contribution is -0.122. The lowest BCUT2D eigenvalue weighted by atomic mass is 9.66. The Balaban J connectivity index is 2.24. The van der Waals surface area contributed by atoms with Crippen molar-refractivity contribution in [3.05, 3.63) is 47.5 Å². The maximum absolute atomic E-state index is 12.5. The minimum atomic E-state index is -0.795. The molecule has 25 heavy (non-hydrogen) atoms. The smallest absolute Gasteiger partial charge is 0.178 e. The van der Waals surface area contributed by atoms with E-state index in [1.165, 1.54) is 0 Å². The standard InChI is InChI=1S/C22H29NO2/c1-20(2,3)19(24)18(15-23)14-21(4)11-8-12-22(25,16-21)13-17-9-6-5-7-10-17/h5-7,9-10,14,25H,8,11-13,16H2,1-4H3/b18-14-/t21-,22-/m0/s1. The summed E-state index contributed by atoms with van der Waals surface area (Å²) in [6.45, 7) is 7.54. The highest BCUT2D eigenvalue weighted by molar-refractivity contribution is 6.02. The first-order chi connectivity index (χ1) is 11.6. The molecule has 1 aliphatic rings. The fraction of sp³-hybridized carbons (Fsp3) is 0.545. The lowest BCUT2D eigenvalue weighted by Crippen LogP contribution is -2.41. The second kappa shape index (κ2) is 7.14. The van der Waals surface area contributed by atoms with Crippen LogP contribution in [0.4, 0.5) is 0 Å². The maximum atomic E-state index is 12.5. The van der Waals surface area contributed by atoms with Gasteiger partial charge in [-0.15, -0.1) is 0 Å². The molecule has 3 nitrogen and oxygen atoms in total. The summed E-state index contributed by atoms with van der Waals surface area (Å²) in [7, 11) is 0. The summed E-state index contributed by atoms with van der Waals surface area (Å²) in [4.78, 5) is 12.5. The monoisotopic (exact) mass is 339 g/mol. The molecular weight excluding hydrogens is 310 g/mol. The number of ketones is 1. The van der Waals surface area contributed by atoms with Gasteiger partial charge in [0.05, 0.1) is 11.2 Å². The first-order valence-corrected chi connectivity index (χ1v) is 9.01. The van der Waals surface area contributed by atoms with Crippen LogP contribution in [0.2, 0.25) is 0 Å². The number of benzene rings is 1. The molecule has 1 aliphatic carbocycles. The molecule has 1 saturated carbocycles. The highest BCUT2D eigenvalue weighted by Crippen LogP contribution is 2.44. The number of carbonyl (C=O) groups excluding carboxylic acids is 1. The minimum absolute atomic E-state index is 0.131. The molecule has 1 aromatic rings. The zero-order chi connectivity index (χ0) is 18.7. The van der Waals surface area contributed by atoms with E-state index in [1.807, 2.05) is 57.2 Å². The van der Waals surface area contributed by atoms with Gasteiger partial charge in [0.25, 0.3) is 0 Å². The van der Waals surface area contributed by atoms with Crippen LogP contribution < -0.4 is 0 Å². The Morgan fingerprint density at radius 1 is 1.28 bits per heavy atom. The summed E-state index contributed by atoms with van der Waals surface area (Å²) in [5, 5.41) is 20.6. The zero-order valence-electron chi connectivity index (χ0n) is 15.8. The summed E-state index contributed by atoms with van der Waals surface area (Å²) in [6, 6.07) is 12.1. The van der Waals surface area contributed by atoms with Crippen molar-refractivity contribution in [1.29, 1.82) is 5.26 Å². The van der Waals surface area contributed by atoms with Gasteiger partial charge in [-0.3, -0.25) is 4.79 Å². The predicted molar refractivity (Wildman–Crippen MR) is 99.8 cm³/mol. The Bertz CT molecular complexity index is 693. The number of hydrogen-bond acceptors (Lipinski definition) is 3. The molecule has 2 atom stereocenters. The van der Waals surface area contributed by atoms with Crippen LogP contribution in [0, 0.1) is 22.2 Å². The van der Waals surface area contributed by atoms with E-state index in [0.717, 1.165) is 24.8 Å². The molecule has 0 spiro atoms. The largest absolute Gasteiger partial charge is 0.390 e. The molecule has 0 radical (unpaired) electrons. The molecule has 1 aromatic carbocycles. The molecule has 0 aromatic heterocycles. The molecule has 0 amide bonds. The third-order valence-electron chi connectivity index (χ3n) is 5.04. The van der Waals surface area contributed by atoms with Gasteiger partial charge < -0.3 is 5.11 Å². The molecule has 0 heterocycles. The number of Topliss-reactive ketones (excluding diaryl/α,β-unsaturated/α-hetero) is 1. The molecule has 0 saturated heterocycles. The summed E-state index contributed by atoms with van der Waals surface area (Å²) >= 11 is 0. The van der Waals surface area contributed by atoms with E-state index in [-0.39, 0.29) is 16.8 Å². The van der Waals surface area contributed by atoms with Crippen LogP contribution in [0.3, 0.4) is 0 Å². The van der Waals surface area contributed by atoms with E-state index < -0.39 is 11.0 Å². The number of hydrogen-bond donors (Lipinski definition) is 1. The zero-order valence-corrected chi connectivity index (χ0v) is 15.8. The van der Waals surface area contributed by atoms with E-state index in [2.05, 4.69) is 13.0 Å². The van der Waals surface area contributed by atoms with Gasteiger partial charge in [0.15, 0.2) is 5.78 Å². The average Bonchev–Trinajstić information content (AvgIpc) is 2.51. The van der Waals surface area contributed by atoms with E-state index in [9.17, 15) is 15.2 Å². The van der Waals surface area contributed by atoms with Crippen LogP contribution in [0.5, 0.6) is 0 Å². The van der Waals surface area contributed by atoms with Gasteiger partial charge in [0.2, 0.25) is 0 Å². The number of rotatable bonds is 4. The molecule has 1 fully saturated rings. The van der Waals surface area contributed by atoms with Crippen LogP contribution in [0.15, 0.2) is 42.0 Å². The van der Waals surface area contributed by atoms with E-state index in [0.29, 0.717) is 12.8 Å². The summed E-state index contributed by atoms with van der Waals surface area (Å²) in [5.74, 6) is -0.131. The topological polar surface area (TPSA) is 61.1 Å². The molecule has 2 rings (SSSR count). The third kappa shape index (κ3) is 5.03. The van der Waals surface area contributed by atoms with Crippen molar-refractivity contribution < 1.29 is 9.90 Å². The van der Waals surface area contributed by atoms with E-state index >= 15 is 0 Å². The van der Waals surface area contributed by atoms with Gasteiger partial charge in [0, 0.05) is 11.8 Å². The maximum Gasteiger partial charge on any atom is 0.178 e. The normalized spacial score (nSPS) is 27.6. The first kappa shape index (κ1) is 19.4. The molecule has 0 unspecified atom stereocenters. The number of aliphatic hydroxyl groups is 1. The molecule has 1 N–H and O–H groups in total. The Kier molecular flexibility index (Phi) is 5.54. The van der Waals surface area contributed by atoms with Gasteiger partial charge in [0.1, 0.15) is 6.07 Å². The lowest BCUT2D eigenvalue weighted by Gasteiger charge is -2.42. The van der Waals surface area contributed by atoms with Gasteiger partial charge >= 0.3 is 0 Å². The van der Waals surface area contributed by atoms with Crippen LogP contribution in [-0.4, -0.2) is 16.5 Å². The van der Waals surface area contributed by atoms with Crippen molar-refractivity contribution in [2.75, 3.05) is 0 Å². The summed E-state index contributed by atoms with van der Waals surface area (Å²) < 4.78 is 0. The quantitative estimate of drug-likeness (QED) is 0.644. The number of nitrogens with zero attached hydrogens (tertiary/aromatic N) is 1. The van der Waals surface area contributed by atoms with Gasteiger partial charge in [-0.1, -0.05) is 64.1 Å². The SMILES string of the molecule is CC(C)(C)C(=O)/C(C#N)=C\[C@]1(C)CCC[C@](O)(Cc2ccccc2)C1. The Morgan fingerprint density at radius 2 is 1.92 bits per heavy atom. The van der Waals surface area contributed by atoms with Gasteiger partial charge in [-0.25, -0.2) is 0 Å². The van der Waals surface area contributed by atoms with Crippen molar-refractivity contribution in [3.8, 4) is 6.07 Å². The fourth-order valence-corrected chi connectivity index (χ4v) is 3.90. The van der Waals surface area contributed by atoms with E-state index in [1.54, 1.807) is 0 Å². The third-order valence-corrected chi connectivity index (χ3v) is 5.04. The van der Waals surface area contributed by atoms with Gasteiger partial charge in [-0.2, -0.15) is 5.26 Å². The molecule has 0 aliphatic heterocycles. The molecule has 0 bridgehead atoms. The molecule has 3 heteroatoms. The Hall–Kier alpha value is -1.92. The van der Waals surface area contributed by atoms with Crippen LogP contribution in [-0.2, 0) is 11.2 Å². The van der Waals surface area contributed by atoms with Crippen LogP contribution in [0.25, 0.3) is 0 Å². The summed E-state index contributed by atoms with van der Waals surface area (Å²) in [5.41, 5.74) is -0.375. The van der Waals surface area contributed by atoms with Crippen molar-refractivity contribution in [3.63, 3.8) is 0 Å². The van der Waals surface area contributed by atoms with Crippen molar-refractivity contribution >= 4 is 5.78 Å². The number of allylic oxidation sites excluding steroid dienone is 2. The number of carbonyl (C=O) groups is 1. The van der Waals surface area contributed by atoms with Crippen molar-refractivity contribution in [2.45, 2.75) is 65.4 Å². The predicted octanol–water partition coefficient (Wildman–Crippen LogP) is 4.61. The first-order valence-electron chi connectivity index (χ1n) is 9.01. The molecular formula is C22H29NO2. The van der Waals surface area contributed by atoms with Crippen LogP contribution >= 0.6 is 0 Å². The van der Waals surface area contributed by atoms with Crippen molar-refractivity contribution in [1.82, 2.24) is 0 Å². The minimum Gasteiger partial charge on any atom is -0.390 e. The van der Waals surface area contributed by atoms with Gasteiger partial charge in [-0.05, 0) is 36.7 Å². The van der Waals surface area contributed by atoms with E-state index in [4.69, 9.17) is 0 Å².